The molecule has 0 radical (unpaired) electrons. The number of sulfonamides is 1. The van der Waals surface area contributed by atoms with Crippen LogP contribution in [0.3, 0.4) is 0 Å². The summed E-state index contributed by atoms with van der Waals surface area (Å²) in [5.74, 6) is 3.62. The van der Waals surface area contributed by atoms with E-state index >= 15 is 0 Å². The molecule has 2 unspecified atom stereocenters. The maximum atomic E-state index is 14.2. The van der Waals surface area contributed by atoms with Gasteiger partial charge in [-0.25, -0.2) is 18.1 Å². The molecule has 2 aromatic heterocycles. The van der Waals surface area contributed by atoms with E-state index in [0.717, 1.165) is 119 Å². The second kappa shape index (κ2) is 26.5. The Morgan fingerprint density at radius 2 is 1.70 bits per heavy atom. The summed E-state index contributed by atoms with van der Waals surface area (Å²) in [6.45, 7) is 11.6. The highest BCUT2D eigenvalue weighted by Gasteiger charge is 2.45. The number of nitro groups is 1. The number of imide groups is 2. The van der Waals surface area contributed by atoms with E-state index in [2.05, 4.69) is 77.8 Å². The van der Waals surface area contributed by atoms with Crippen LogP contribution in [0.2, 0.25) is 5.02 Å². The van der Waals surface area contributed by atoms with Crippen LogP contribution in [0.5, 0.6) is 11.5 Å². The molecule has 1 aliphatic carbocycles. The average Bonchev–Trinajstić information content (AvgIpc) is 1.68. The Hall–Kier alpha value is -8.42. The van der Waals surface area contributed by atoms with Crippen LogP contribution in [0.25, 0.3) is 16.6 Å². The van der Waals surface area contributed by atoms with Crippen LogP contribution >= 0.6 is 11.6 Å². The maximum absolute atomic E-state index is 14.2. The number of benzene rings is 4. The molecule has 458 valence electrons. The zero-order valence-electron chi connectivity index (χ0n) is 49.4. The van der Waals surface area contributed by atoms with Crippen molar-refractivity contribution in [3.05, 3.63) is 152 Å². The molecule has 5 aliphatic rings. The lowest BCUT2D eigenvalue weighted by Gasteiger charge is -2.39. The number of fused-ring (bicyclic) bond motifs is 2. The number of piperidine rings is 2. The lowest BCUT2D eigenvalue weighted by Crippen LogP contribution is -2.54. The second-order valence-corrected chi connectivity index (χ2v) is 26.4. The van der Waals surface area contributed by atoms with Gasteiger partial charge < -0.3 is 24.8 Å². The number of ether oxygens (including phenoxy) is 1. The highest BCUT2D eigenvalue weighted by molar-refractivity contribution is 7.90. The number of pyridine rings is 1. The number of nitrogens with zero attached hydrogens (tertiary/aromatic N) is 6. The molecule has 6 heterocycles. The molecule has 22 heteroatoms. The molecule has 2 atom stereocenters. The van der Waals surface area contributed by atoms with Crippen LogP contribution in [-0.2, 0) is 19.6 Å². The third kappa shape index (κ3) is 14.1. The first-order chi connectivity index (χ1) is 42.4. The van der Waals surface area contributed by atoms with Gasteiger partial charge >= 0.3 is 0 Å². The molecule has 4 aromatic carbocycles. The number of nitro benzene ring substituents is 1. The normalized spacial score (nSPS) is 19.1. The number of H-pyrrole nitrogens is 1. The number of aromatic amines is 1. The van der Waals surface area contributed by atoms with Crippen molar-refractivity contribution in [2.24, 2.45) is 11.3 Å². The third-order valence-electron chi connectivity index (χ3n) is 17.4. The first-order valence-electron chi connectivity index (χ1n) is 30.2. The summed E-state index contributed by atoms with van der Waals surface area (Å²) in [5.41, 5.74) is 6.18. The number of rotatable bonds is 20. The summed E-state index contributed by atoms with van der Waals surface area (Å²) < 4.78 is 36.6. The smallest absolute Gasteiger partial charge is 0.293 e. The predicted molar refractivity (Wildman–Crippen MR) is 336 cm³/mol. The monoisotopic (exact) mass is 1230 g/mol. The minimum atomic E-state index is -4.64. The Kier molecular flexibility index (Phi) is 18.4. The average molecular weight is 1230 g/mol. The molecular weight excluding hydrogens is 1160 g/mol. The number of aromatic nitrogens is 2. The molecule has 6 aromatic rings. The summed E-state index contributed by atoms with van der Waals surface area (Å²) in [7, 11) is -4.64. The molecule has 20 nitrogen and oxygen atoms in total. The molecule has 5 amide bonds. The van der Waals surface area contributed by atoms with E-state index in [4.69, 9.17) is 16.3 Å². The van der Waals surface area contributed by atoms with Gasteiger partial charge in [-0.2, -0.15) is 0 Å². The number of nitrogens with one attached hydrogen (secondary N) is 4. The summed E-state index contributed by atoms with van der Waals surface area (Å²) in [4.78, 5) is 92.0. The van der Waals surface area contributed by atoms with E-state index in [1.807, 2.05) is 18.2 Å². The molecule has 4 aliphatic heterocycles. The molecule has 3 saturated heterocycles. The van der Waals surface area contributed by atoms with Gasteiger partial charge in [0.25, 0.3) is 33.4 Å². The van der Waals surface area contributed by atoms with Crippen molar-refractivity contribution >= 4 is 84.8 Å². The van der Waals surface area contributed by atoms with Crippen LogP contribution in [0, 0.1) is 33.3 Å². The molecule has 88 heavy (non-hydrogen) atoms. The Morgan fingerprint density at radius 1 is 0.898 bits per heavy atom. The van der Waals surface area contributed by atoms with Gasteiger partial charge in [-0.05, 0) is 148 Å². The topological polar surface area (TPSA) is 250 Å². The summed E-state index contributed by atoms with van der Waals surface area (Å²) in [6, 6.07) is 24.3. The fraction of sp³-hybridized carbons (Fsp3) is 0.394. The summed E-state index contributed by atoms with van der Waals surface area (Å²) >= 11 is 6.27. The largest absolute Gasteiger partial charge is 0.455 e. The van der Waals surface area contributed by atoms with Gasteiger partial charge in [0.2, 0.25) is 11.8 Å². The number of halogens is 1. The zero-order valence-corrected chi connectivity index (χ0v) is 50.9. The Bertz CT molecular complexity index is 3920. The molecule has 3 fully saturated rings. The van der Waals surface area contributed by atoms with Crippen molar-refractivity contribution in [1.82, 2.24) is 34.7 Å². The van der Waals surface area contributed by atoms with Crippen LogP contribution in [-0.4, -0.2) is 132 Å². The lowest BCUT2D eigenvalue weighted by atomic mass is 9.72. The fourth-order valence-corrected chi connectivity index (χ4v) is 13.8. The van der Waals surface area contributed by atoms with E-state index in [1.165, 1.54) is 41.1 Å². The van der Waals surface area contributed by atoms with E-state index in [9.17, 15) is 42.5 Å². The SMILES string of the molecule is CC1(C)CCC(CN2CCN(c3ccc(C(=O)NS(=O)(=O)c4ccc(NCC5CCCN(CCCCCCC#Cc6cccc7c6C(=O)N(C6CCC(=O)NC6=O)C7=O)C5)c([N+](=O)[O-])c4)c(Oc4cnc5[nH]ccc5c4)c3)CC2)=C(c2ccc(Cl)cc2)C1. The Balaban J connectivity index is 0.675. The van der Waals surface area contributed by atoms with Crippen LogP contribution in [0.4, 0.5) is 17.1 Å². The van der Waals surface area contributed by atoms with Gasteiger partial charge in [-0.1, -0.05) is 73.9 Å². The van der Waals surface area contributed by atoms with E-state index in [-0.39, 0.29) is 52.3 Å². The number of likely N-dealkylation sites (tertiary alicyclic amines) is 1. The van der Waals surface area contributed by atoms with Crippen LogP contribution < -0.4 is 25.0 Å². The molecular formula is C66H71ClN10O10S. The first-order valence-corrected chi connectivity index (χ1v) is 32.1. The van der Waals surface area contributed by atoms with E-state index in [0.29, 0.717) is 48.0 Å². The number of hydrogen-bond donors (Lipinski definition) is 4. The first kappa shape index (κ1) is 61.2. The minimum Gasteiger partial charge on any atom is -0.455 e. The van der Waals surface area contributed by atoms with Gasteiger partial charge in [0.1, 0.15) is 28.9 Å². The van der Waals surface area contributed by atoms with Crippen molar-refractivity contribution in [3.63, 3.8) is 0 Å². The molecule has 0 bridgehead atoms. The van der Waals surface area contributed by atoms with Crippen LogP contribution in [0.15, 0.2) is 114 Å². The zero-order chi connectivity index (χ0) is 61.7. The Labute approximate surface area is 516 Å². The highest BCUT2D eigenvalue weighted by Crippen LogP contribution is 2.44. The lowest BCUT2D eigenvalue weighted by molar-refractivity contribution is -0.384. The molecule has 0 saturated carbocycles. The summed E-state index contributed by atoms with van der Waals surface area (Å²) in [6.07, 6.45) is 12.7. The van der Waals surface area contributed by atoms with Gasteiger partial charge in [-0.3, -0.25) is 49.2 Å². The summed E-state index contributed by atoms with van der Waals surface area (Å²) in [5, 5.41) is 19.4. The predicted octanol–water partition coefficient (Wildman–Crippen LogP) is 10.3. The number of unbranched alkanes of at least 4 members (excludes halogenated alkanes) is 4. The van der Waals surface area contributed by atoms with Crippen molar-refractivity contribution in [2.45, 2.75) is 102 Å². The second-order valence-electron chi connectivity index (χ2n) is 24.3. The number of piperazine rings is 1. The van der Waals surface area contributed by atoms with E-state index in [1.54, 1.807) is 42.6 Å². The number of amides is 5. The molecule has 11 rings (SSSR count). The maximum Gasteiger partial charge on any atom is 0.293 e. The van der Waals surface area contributed by atoms with Crippen molar-refractivity contribution in [1.29, 1.82) is 0 Å². The molecule has 4 N–H and O–H groups in total. The standard InChI is InChI=1S/C66H71ClN10O10S/c1-66(2)27-25-47(54(38-66)44-15-17-48(67)18-16-44)42-74-31-33-75(34-32-74)49-19-21-52(58(36-49)87-50-35-46-26-28-68-61(46)70-40-50)62(79)72-88(85,86)51-20-22-55(57(37-51)77(83)84)69-39-43-11-10-30-73(41-43)29-8-6-4-3-5-7-12-45-13-9-14-53-60(45)65(82)76(64(53)81)56-23-24-59(78)71-63(56)80/h9,13-22,26,28,35-37,40,43,56,69H,3-6,8,10-11,23-25,27,29-34,38-39,41-42H2,1-2H3,(H,68,70)(H,72,79)(H,71,78,80). The molecule has 0 spiro atoms. The third-order valence-corrected chi connectivity index (χ3v) is 19.0. The number of carbonyl (C=O) groups is 5. The fourth-order valence-electron chi connectivity index (χ4n) is 12.6. The number of anilines is 2. The van der Waals surface area contributed by atoms with Crippen molar-refractivity contribution in [2.75, 3.05) is 69.1 Å². The number of allylic oxidation sites excluding steroid dienone is 1. The van der Waals surface area contributed by atoms with Crippen molar-refractivity contribution < 1.29 is 42.1 Å². The van der Waals surface area contributed by atoms with Gasteiger partial charge in [-0.15, -0.1) is 0 Å². The van der Waals surface area contributed by atoms with Gasteiger partial charge in [0, 0.05) is 98.6 Å². The van der Waals surface area contributed by atoms with Crippen molar-refractivity contribution in [3.8, 4) is 23.3 Å². The minimum absolute atomic E-state index is 0.0422. The Morgan fingerprint density at radius 3 is 2.50 bits per heavy atom. The van der Waals surface area contributed by atoms with E-state index < -0.39 is 61.1 Å². The van der Waals surface area contributed by atoms with Crippen LogP contribution in [0.1, 0.15) is 133 Å². The van der Waals surface area contributed by atoms with Gasteiger partial charge in [0.05, 0.1) is 32.7 Å². The number of carbonyl (C=O) groups excluding carboxylic acids is 5. The highest BCUT2D eigenvalue weighted by atomic mass is 35.5. The quantitative estimate of drug-likeness (QED) is 0.0182. The number of hydrogen-bond acceptors (Lipinski definition) is 15. The van der Waals surface area contributed by atoms with Gasteiger partial charge in [0.15, 0.2) is 0 Å².